The topological polar surface area (TPSA) is 109 Å². The Hall–Kier alpha value is -2.09. The number of esters is 1. The highest BCUT2D eigenvalue weighted by molar-refractivity contribution is 5.88. The number of epoxide rings is 1. The molecule has 7 unspecified atom stereocenters. The summed E-state index contributed by atoms with van der Waals surface area (Å²) in [4.78, 5) is 31.0. The minimum atomic E-state index is -1.23. The van der Waals surface area contributed by atoms with E-state index in [9.17, 15) is 19.8 Å². The molecule has 2 aliphatic rings. The molecule has 2 aliphatic heterocycles. The number of carbonyl (C=O) groups is 2. The third-order valence-corrected chi connectivity index (χ3v) is 8.40. The molecule has 0 spiro atoms. The standard InChI is InChI=1S/C30H45NO6/c1-7-11-22-27(34)19(2)12-10-14-30(6)25(37-30)17-23(20(3)16-21-13-8-9-15-31-21)36-26(33)18-24(32)29(4,5)28(22)35/h8-9,13,15-16,19,22-25,27,32,34H,7,10-12,14,17-18H2,1-6H3. The van der Waals surface area contributed by atoms with E-state index < -0.39 is 35.6 Å². The molecule has 2 N–H and O–H groups in total. The molecule has 0 aliphatic carbocycles. The summed E-state index contributed by atoms with van der Waals surface area (Å²) in [6.45, 7) is 11.3. The van der Waals surface area contributed by atoms with Gasteiger partial charge in [0.05, 0.1) is 41.4 Å². The van der Waals surface area contributed by atoms with E-state index in [0.717, 1.165) is 37.0 Å². The largest absolute Gasteiger partial charge is 0.458 e. The van der Waals surface area contributed by atoms with Crippen molar-refractivity contribution in [2.75, 3.05) is 0 Å². The number of aliphatic hydroxyl groups is 2. The lowest BCUT2D eigenvalue weighted by molar-refractivity contribution is -0.154. The van der Waals surface area contributed by atoms with Gasteiger partial charge in [-0.05, 0) is 62.8 Å². The van der Waals surface area contributed by atoms with E-state index in [1.54, 1.807) is 20.0 Å². The normalized spacial score (nSPS) is 35.9. The van der Waals surface area contributed by atoms with E-state index >= 15 is 0 Å². The number of nitrogens with zero attached hydrogens (tertiary/aromatic N) is 1. The molecular weight excluding hydrogens is 470 g/mol. The highest BCUT2D eigenvalue weighted by Gasteiger charge is 2.53. The summed E-state index contributed by atoms with van der Waals surface area (Å²) >= 11 is 0. The van der Waals surface area contributed by atoms with E-state index in [1.807, 2.05) is 45.0 Å². The second kappa shape index (κ2) is 12.2. The molecule has 2 saturated heterocycles. The van der Waals surface area contributed by atoms with Crippen molar-refractivity contribution in [1.82, 2.24) is 4.98 Å². The van der Waals surface area contributed by atoms with E-state index in [4.69, 9.17) is 9.47 Å². The van der Waals surface area contributed by atoms with E-state index in [-0.39, 0.29) is 29.8 Å². The van der Waals surface area contributed by atoms with E-state index in [1.165, 1.54) is 0 Å². The Morgan fingerprint density at radius 3 is 2.59 bits per heavy atom. The zero-order chi connectivity index (χ0) is 27.4. The molecule has 0 bridgehead atoms. The van der Waals surface area contributed by atoms with Crippen LogP contribution in [0.2, 0.25) is 0 Å². The van der Waals surface area contributed by atoms with Crippen LogP contribution in [-0.4, -0.2) is 57.0 Å². The number of pyridine rings is 1. The van der Waals surface area contributed by atoms with Crippen LogP contribution in [0.4, 0.5) is 0 Å². The van der Waals surface area contributed by atoms with Crippen LogP contribution in [0, 0.1) is 17.3 Å². The number of hydrogen-bond donors (Lipinski definition) is 2. The van der Waals surface area contributed by atoms with E-state index in [0.29, 0.717) is 12.8 Å². The van der Waals surface area contributed by atoms with Crippen molar-refractivity contribution >= 4 is 17.8 Å². The van der Waals surface area contributed by atoms with Gasteiger partial charge in [0.25, 0.3) is 0 Å². The number of carbonyl (C=O) groups excluding carboxylic acids is 2. The monoisotopic (exact) mass is 515 g/mol. The molecule has 0 aromatic carbocycles. The molecular formula is C30H45NO6. The number of ether oxygens (including phenoxy) is 2. The van der Waals surface area contributed by atoms with Crippen molar-refractivity contribution in [2.45, 2.75) is 117 Å². The van der Waals surface area contributed by atoms with Crippen LogP contribution in [0.15, 0.2) is 30.0 Å². The van der Waals surface area contributed by atoms with E-state index in [2.05, 4.69) is 11.9 Å². The summed E-state index contributed by atoms with van der Waals surface area (Å²) in [5.41, 5.74) is 0.0977. The number of aromatic nitrogens is 1. The first-order valence-corrected chi connectivity index (χ1v) is 13.8. The number of ketones is 1. The first-order valence-electron chi connectivity index (χ1n) is 13.8. The van der Waals surface area contributed by atoms with Crippen LogP contribution in [0.25, 0.3) is 6.08 Å². The predicted octanol–water partition coefficient (Wildman–Crippen LogP) is 4.89. The molecule has 206 valence electrons. The van der Waals surface area contributed by atoms with Crippen LogP contribution >= 0.6 is 0 Å². The fourth-order valence-corrected chi connectivity index (χ4v) is 5.49. The van der Waals surface area contributed by atoms with Crippen molar-refractivity contribution in [3.8, 4) is 0 Å². The van der Waals surface area contributed by atoms with Crippen LogP contribution in [0.3, 0.4) is 0 Å². The molecule has 0 saturated carbocycles. The number of rotatable bonds is 4. The van der Waals surface area contributed by atoms with Gasteiger partial charge in [0.1, 0.15) is 11.9 Å². The van der Waals surface area contributed by atoms with Gasteiger partial charge in [0.15, 0.2) is 0 Å². The Morgan fingerprint density at radius 2 is 1.95 bits per heavy atom. The molecule has 37 heavy (non-hydrogen) atoms. The molecule has 7 heteroatoms. The minimum Gasteiger partial charge on any atom is -0.458 e. The van der Waals surface area contributed by atoms with Gasteiger partial charge in [-0.25, -0.2) is 0 Å². The van der Waals surface area contributed by atoms with Crippen molar-refractivity contribution in [2.24, 2.45) is 17.3 Å². The molecule has 3 rings (SSSR count). The third kappa shape index (κ3) is 7.27. The number of Topliss-reactive ketones (excluding diaryl/α,β-unsaturated/α-hetero) is 1. The van der Waals surface area contributed by atoms with Crippen molar-refractivity contribution in [3.05, 3.63) is 35.7 Å². The molecule has 2 fully saturated rings. The average Bonchev–Trinajstić information content (AvgIpc) is 3.49. The third-order valence-electron chi connectivity index (χ3n) is 8.40. The smallest absolute Gasteiger partial charge is 0.309 e. The molecule has 7 nitrogen and oxygen atoms in total. The fourth-order valence-electron chi connectivity index (χ4n) is 5.49. The SMILES string of the molecule is CCCC1C(=O)C(C)(C)C(O)CC(=O)OC(C(C)=Cc2ccccn2)CC2OC2(C)CCCC(C)C1O. The first kappa shape index (κ1) is 29.5. The van der Waals surface area contributed by atoms with Gasteiger partial charge in [-0.2, -0.15) is 0 Å². The zero-order valence-corrected chi connectivity index (χ0v) is 23.3. The average molecular weight is 516 g/mol. The maximum Gasteiger partial charge on any atom is 0.309 e. The first-order chi connectivity index (χ1) is 17.4. The van der Waals surface area contributed by atoms with Crippen molar-refractivity contribution in [3.63, 3.8) is 0 Å². The van der Waals surface area contributed by atoms with Crippen molar-refractivity contribution in [1.29, 1.82) is 0 Å². The molecule has 0 amide bonds. The van der Waals surface area contributed by atoms with Crippen LogP contribution in [-0.2, 0) is 19.1 Å². The quantitative estimate of drug-likeness (QED) is 0.434. The van der Waals surface area contributed by atoms with Crippen molar-refractivity contribution < 1.29 is 29.3 Å². The second-order valence-electron chi connectivity index (χ2n) is 11.8. The Kier molecular flexibility index (Phi) is 9.70. The Labute approximate surface area is 221 Å². The Balaban J connectivity index is 1.88. The van der Waals surface area contributed by atoms with Gasteiger partial charge >= 0.3 is 5.97 Å². The predicted molar refractivity (Wildman–Crippen MR) is 142 cm³/mol. The summed E-state index contributed by atoms with van der Waals surface area (Å²) in [6.07, 6.45) is 4.94. The maximum absolute atomic E-state index is 13.6. The Morgan fingerprint density at radius 1 is 1.22 bits per heavy atom. The summed E-state index contributed by atoms with van der Waals surface area (Å²) in [7, 11) is 0. The minimum absolute atomic E-state index is 0.0544. The lowest BCUT2D eigenvalue weighted by atomic mass is 9.71. The van der Waals surface area contributed by atoms with Crippen LogP contribution in [0.1, 0.15) is 92.2 Å². The van der Waals surface area contributed by atoms with Gasteiger partial charge in [0.2, 0.25) is 0 Å². The summed E-state index contributed by atoms with van der Waals surface area (Å²) in [5, 5.41) is 22.2. The number of aliphatic hydroxyl groups excluding tert-OH is 2. The van der Waals surface area contributed by atoms with Gasteiger partial charge in [-0.1, -0.05) is 46.6 Å². The molecule has 1 aromatic rings. The zero-order valence-electron chi connectivity index (χ0n) is 23.3. The highest BCUT2D eigenvalue weighted by atomic mass is 16.6. The highest BCUT2D eigenvalue weighted by Crippen LogP contribution is 2.45. The van der Waals surface area contributed by atoms with Gasteiger partial charge in [-0.3, -0.25) is 14.6 Å². The second-order valence-corrected chi connectivity index (χ2v) is 11.8. The maximum atomic E-state index is 13.6. The molecule has 0 radical (unpaired) electrons. The Bertz CT molecular complexity index is 960. The summed E-state index contributed by atoms with van der Waals surface area (Å²) in [6, 6.07) is 5.63. The molecule has 3 heterocycles. The van der Waals surface area contributed by atoms with Gasteiger partial charge in [-0.15, -0.1) is 0 Å². The molecule has 7 atom stereocenters. The number of hydrogen-bond acceptors (Lipinski definition) is 7. The summed E-state index contributed by atoms with van der Waals surface area (Å²) < 4.78 is 12.0. The number of cyclic esters (lactones) is 1. The van der Waals surface area contributed by atoms with Crippen LogP contribution < -0.4 is 0 Å². The lowest BCUT2D eigenvalue weighted by Gasteiger charge is -2.36. The number of fused-ring (bicyclic) bond motifs is 1. The van der Waals surface area contributed by atoms with Crippen LogP contribution in [0.5, 0.6) is 0 Å². The lowest BCUT2D eigenvalue weighted by Crippen LogP contribution is -2.46. The van der Waals surface area contributed by atoms with Gasteiger partial charge in [0, 0.05) is 18.5 Å². The summed E-state index contributed by atoms with van der Waals surface area (Å²) in [5.74, 6) is -1.43. The fraction of sp³-hybridized carbons (Fsp3) is 0.700. The van der Waals surface area contributed by atoms with Gasteiger partial charge < -0.3 is 19.7 Å². The molecule has 1 aromatic heterocycles.